The van der Waals surface area contributed by atoms with Gasteiger partial charge in [-0.1, -0.05) is 11.6 Å². The van der Waals surface area contributed by atoms with E-state index in [9.17, 15) is 9.59 Å². The van der Waals surface area contributed by atoms with E-state index in [1.54, 1.807) is 25.4 Å². The molecule has 3 rings (SSSR count). The van der Waals surface area contributed by atoms with E-state index < -0.39 is 5.91 Å². The quantitative estimate of drug-likeness (QED) is 0.218. The van der Waals surface area contributed by atoms with Gasteiger partial charge in [0, 0.05) is 30.9 Å². The Hall–Kier alpha value is -3.18. The lowest BCUT2D eigenvalue weighted by molar-refractivity contribution is -0.110. The number of halogens is 1. The molecule has 0 atom stereocenters. The number of pyridine rings is 1. The Labute approximate surface area is 160 Å². The fourth-order valence-corrected chi connectivity index (χ4v) is 2.59. The summed E-state index contributed by atoms with van der Waals surface area (Å²) < 4.78 is 2.77. The minimum atomic E-state index is -0.478. The van der Waals surface area contributed by atoms with Gasteiger partial charge in [0.05, 0.1) is 11.2 Å². The number of carbonyl (C=O) groups is 2. The lowest BCUT2D eigenvalue weighted by Crippen LogP contribution is -2.30. The lowest BCUT2D eigenvalue weighted by Gasteiger charge is -2.11. The first kappa shape index (κ1) is 18.6. The molecule has 0 aliphatic heterocycles. The van der Waals surface area contributed by atoms with Crippen LogP contribution in [0.5, 0.6) is 0 Å². The zero-order valence-electron chi connectivity index (χ0n) is 14.2. The third-order valence-electron chi connectivity index (χ3n) is 3.59. The molecule has 10 nitrogen and oxygen atoms in total. The van der Waals surface area contributed by atoms with Crippen LogP contribution in [0.3, 0.4) is 0 Å². The van der Waals surface area contributed by atoms with Crippen molar-refractivity contribution in [3.63, 3.8) is 0 Å². The summed E-state index contributed by atoms with van der Waals surface area (Å²) in [6, 6.07) is 4.72. The molecule has 0 aliphatic carbocycles. The van der Waals surface area contributed by atoms with Gasteiger partial charge in [-0.05, 0) is 18.2 Å². The SMILES string of the molecule is [B]c1cc(C(=O)Nc2c(CNNC=O)cnn2C)n(-c2ncccc2Cl)n1. The summed E-state index contributed by atoms with van der Waals surface area (Å²) in [5.41, 5.74) is 5.96. The minimum absolute atomic E-state index is 0.143. The van der Waals surface area contributed by atoms with E-state index in [1.807, 2.05) is 0 Å². The van der Waals surface area contributed by atoms with Crippen LogP contribution in [0.4, 0.5) is 5.82 Å². The fourth-order valence-electron chi connectivity index (χ4n) is 2.39. The van der Waals surface area contributed by atoms with E-state index in [1.165, 1.54) is 21.6 Å². The van der Waals surface area contributed by atoms with Gasteiger partial charge in [0.1, 0.15) is 19.4 Å². The first-order valence-corrected chi connectivity index (χ1v) is 8.09. The fraction of sp³-hybridized carbons (Fsp3) is 0.133. The van der Waals surface area contributed by atoms with E-state index in [2.05, 4.69) is 31.3 Å². The van der Waals surface area contributed by atoms with E-state index in [0.717, 1.165) is 0 Å². The van der Waals surface area contributed by atoms with Crippen molar-refractivity contribution < 1.29 is 9.59 Å². The van der Waals surface area contributed by atoms with Crippen LogP contribution in [0.2, 0.25) is 5.02 Å². The molecule has 3 aromatic heterocycles. The number of aromatic nitrogens is 5. The summed E-state index contributed by atoms with van der Waals surface area (Å²) in [6.07, 6.45) is 3.61. The monoisotopic (exact) mass is 384 g/mol. The Balaban J connectivity index is 1.89. The van der Waals surface area contributed by atoms with Crippen LogP contribution in [0.25, 0.3) is 5.82 Å². The first-order chi connectivity index (χ1) is 13.0. The number of aryl methyl sites for hydroxylation is 1. The molecular weight excluding hydrogens is 370 g/mol. The normalized spacial score (nSPS) is 10.6. The Kier molecular flexibility index (Phi) is 5.53. The Morgan fingerprint density at radius 1 is 1.44 bits per heavy atom. The van der Waals surface area contributed by atoms with E-state index in [4.69, 9.17) is 19.4 Å². The smallest absolute Gasteiger partial charge is 0.275 e. The molecule has 0 saturated carbocycles. The maximum absolute atomic E-state index is 12.8. The predicted octanol–water partition coefficient (Wildman–Crippen LogP) is -0.549. The van der Waals surface area contributed by atoms with Crippen LogP contribution >= 0.6 is 11.6 Å². The van der Waals surface area contributed by atoms with Gasteiger partial charge in [0.2, 0.25) is 6.41 Å². The highest BCUT2D eigenvalue weighted by molar-refractivity contribution is 6.32. The Morgan fingerprint density at radius 3 is 3.00 bits per heavy atom. The summed E-state index contributed by atoms with van der Waals surface area (Å²) in [5, 5.41) is 11.3. The van der Waals surface area contributed by atoms with Crippen molar-refractivity contribution in [1.82, 2.24) is 35.4 Å². The molecule has 0 aromatic carbocycles. The van der Waals surface area contributed by atoms with Crippen molar-refractivity contribution in [2.75, 3.05) is 5.32 Å². The molecule has 3 aromatic rings. The molecule has 0 fully saturated rings. The first-order valence-electron chi connectivity index (χ1n) is 7.72. The van der Waals surface area contributed by atoms with E-state index in [-0.39, 0.29) is 23.6 Å². The summed E-state index contributed by atoms with van der Waals surface area (Å²) in [5.74, 6) is 0.246. The number of amides is 2. The number of hydrogen-bond donors (Lipinski definition) is 3. The van der Waals surface area contributed by atoms with Crippen LogP contribution in [-0.2, 0) is 18.4 Å². The van der Waals surface area contributed by atoms with E-state index in [0.29, 0.717) is 22.8 Å². The molecule has 2 amide bonds. The van der Waals surface area contributed by atoms with Gasteiger partial charge in [0.25, 0.3) is 5.91 Å². The van der Waals surface area contributed by atoms with Gasteiger partial charge in [-0.15, -0.1) is 0 Å². The van der Waals surface area contributed by atoms with Crippen LogP contribution < -0.4 is 21.8 Å². The molecule has 12 heteroatoms. The number of hydrazine groups is 1. The largest absolute Gasteiger partial charge is 0.305 e. The molecule has 0 spiro atoms. The molecule has 2 radical (unpaired) electrons. The topological polar surface area (TPSA) is 119 Å². The molecule has 27 heavy (non-hydrogen) atoms. The summed E-state index contributed by atoms with van der Waals surface area (Å²) in [6.45, 7) is 0.260. The standard InChI is InChI=1S/C15H14BClN8O2/c1-24-13(9(7-21-24)6-19-20-8-26)22-15(27)11-5-12(16)23-25(11)14-10(17)3-2-4-18-14/h2-5,7-8,19H,6H2,1H3,(H,20,26)(H,22,27). The number of carbonyl (C=O) groups excluding carboxylic acids is 2. The zero-order chi connectivity index (χ0) is 19.4. The van der Waals surface area contributed by atoms with Gasteiger partial charge in [0.15, 0.2) is 5.82 Å². The van der Waals surface area contributed by atoms with Crippen molar-refractivity contribution in [3.8, 4) is 5.82 Å². The van der Waals surface area contributed by atoms with Crippen molar-refractivity contribution in [2.24, 2.45) is 7.05 Å². The summed E-state index contributed by atoms with van der Waals surface area (Å²) in [4.78, 5) is 27.3. The molecule has 0 aliphatic rings. The van der Waals surface area contributed by atoms with Crippen molar-refractivity contribution in [3.05, 3.63) is 46.9 Å². The highest BCUT2D eigenvalue weighted by Gasteiger charge is 2.20. The molecule has 0 saturated heterocycles. The molecule has 0 bridgehead atoms. The number of hydrogen-bond acceptors (Lipinski definition) is 6. The van der Waals surface area contributed by atoms with Gasteiger partial charge in [-0.3, -0.25) is 19.7 Å². The average Bonchev–Trinajstić information content (AvgIpc) is 3.19. The Morgan fingerprint density at radius 2 is 2.26 bits per heavy atom. The number of rotatable bonds is 7. The van der Waals surface area contributed by atoms with Crippen molar-refractivity contribution in [2.45, 2.75) is 6.54 Å². The highest BCUT2D eigenvalue weighted by atomic mass is 35.5. The van der Waals surface area contributed by atoms with E-state index >= 15 is 0 Å². The maximum Gasteiger partial charge on any atom is 0.275 e. The van der Waals surface area contributed by atoms with Gasteiger partial charge >= 0.3 is 0 Å². The number of anilines is 1. The summed E-state index contributed by atoms with van der Waals surface area (Å²) >= 11 is 6.16. The van der Waals surface area contributed by atoms with Gasteiger partial charge in [-0.2, -0.15) is 10.2 Å². The van der Waals surface area contributed by atoms with Crippen LogP contribution in [0.15, 0.2) is 30.6 Å². The molecule has 136 valence electrons. The zero-order valence-corrected chi connectivity index (χ0v) is 14.9. The second-order valence-electron chi connectivity index (χ2n) is 5.39. The minimum Gasteiger partial charge on any atom is -0.305 e. The van der Waals surface area contributed by atoms with Crippen LogP contribution in [0, 0.1) is 0 Å². The van der Waals surface area contributed by atoms with Gasteiger partial charge < -0.3 is 5.32 Å². The number of nitrogens with zero attached hydrogens (tertiary/aromatic N) is 5. The second kappa shape index (κ2) is 8.02. The third kappa shape index (κ3) is 3.99. The number of nitrogens with one attached hydrogen (secondary N) is 3. The van der Waals surface area contributed by atoms with Crippen LogP contribution in [0.1, 0.15) is 16.1 Å². The van der Waals surface area contributed by atoms with Gasteiger partial charge in [-0.25, -0.2) is 15.1 Å². The molecule has 0 unspecified atom stereocenters. The molecule has 3 N–H and O–H groups in total. The van der Waals surface area contributed by atoms with Crippen molar-refractivity contribution in [1.29, 1.82) is 0 Å². The van der Waals surface area contributed by atoms with Crippen LogP contribution in [-0.4, -0.2) is 44.7 Å². The predicted molar refractivity (Wildman–Crippen MR) is 99.0 cm³/mol. The van der Waals surface area contributed by atoms with Crippen molar-refractivity contribution >= 4 is 43.2 Å². The Bertz CT molecular complexity index is 986. The molecular formula is C15H14BClN8O2. The lowest BCUT2D eigenvalue weighted by atomic mass is 10.1. The third-order valence-corrected chi connectivity index (χ3v) is 3.88. The maximum atomic E-state index is 12.8. The molecule has 3 heterocycles. The summed E-state index contributed by atoms with van der Waals surface area (Å²) in [7, 11) is 7.44. The average molecular weight is 385 g/mol. The highest BCUT2D eigenvalue weighted by Crippen LogP contribution is 2.19. The second-order valence-corrected chi connectivity index (χ2v) is 5.79.